The van der Waals surface area contributed by atoms with Crippen molar-refractivity contribution < 1.29 is 9.90 Å². The number of carbonyl (C=O) groups is 1. The van der Waals surface area contributed by atoms with Gasteiger partial charge >= 0.3 is 0 Å². The molecule has 2 heterocycles. The maximum atomic E-state index is 12.3. The normalized spacial score (nSPS) is 17.8. The van der Waals surface area contributed by atoms with Crippen molar-refractivity contribution in [1.29, 1.82) is 0 Å². The molecular formula is C17H11BrN3O2. The summed E-state index contributed by atoms with van der Waals surface area (Å²) in [6.07, 6.45) is 4.21. The van der Waals surface area contributed by atoms with Crippen LogP contribution in [-0.4, -0.2) is 21.2 Å². The molecule has 1 radical (unpaired) electrons. The van der Waals surface area contributed by atoms with Crippen LogP contribution in [0, 0.1) is 6.08 Å². The predicted octanol–water partition coefficient (Wildman–Crippen LogP) is 3.66. The molecule has 2 N–H and O–H groups in total. The van der Waals surface area contributed by atoms with E-state index in [-0.39, 0.29) is 11.7 Å². The van der Waals surface area contributed by atoms with Crippen LogP contribution in [0.4, 0.5) is 5.69 Å². The molecule has 0 fully saturated rings. The summed E-state index contributed by atoms with van der Waals surface area (Å²) in [5.41, 5.74) is 2.32. The predicted molar refractivity (Wildman–Crippen MR) is 89.8 cm³/mol. The summed E-state index contributed by atoms with van der Waals surface area (Å²) in [5.74, 6) is -0.448. The fourth-order valence-electron chi connectivity index (χ4n) is 2.77. The van der Waals surface area contributed by atoms with E-state index >= 15 is 0 Å². The minimum Gasteiger partial charge on any atom is -0.509 e. The maximum absolute atomic E-state index is 12.3. The Labute approximate surface area is 140 Å². The molecule has 1 aliphatic rings. The van der Waals surface area contributed by atoms with E-state index in [1.807, 2.05) is 42.5 Å². The SMILES string of the molecule is O=C1[C]=C(O)C(c2ccc(Br)cc2)N1c1ccc2cn[nH]c2c1. The van der Waals surface area contributed by atoms with Crippen molar-refractivity contribution in [2.75, 3.05) is 4.90 Å². The molecule has 0 bridgehead atoms. The molecule has 2 aromatic carbocycles. The molecule has 1 aromatic heterocycles. The lowest BCUT2D eigenvalue weighted by Gasteiger charge is -2.26. The van der Waals surface area contributed by atoms with Gasteiger partial charge < -0.3 is 5.11 Å². The van der Waals surface area contributed by atoms with Crippen molar-refractivity contribution >= 4 is 38.4 Å². The monoisotopic (exact) mass is 368 g/mol. The van der Waals surface area contributed by atoms with Crippen LogP contribution in [0.15, 0.2) is 58.9 Å². The second-order valence-electron chi connectivity index (χ2n) is 5.28. The van der Waals surface area contributed by atoms with Crippen LogP contribution in [-0.2, 0) is 4.79 Å². The van der Waals surface area contributed by atoms with E-state index in [1.165, 1.54) is 4.90 Å². The number of aliphatic hydroxyl groups is 1. The number of aliphatic hydroxyl groups excluding tert-OH is 1. The van der Waals surface area contributed by atoms with Crippen LogP contribution >= 0.6 is 15.9 Å². The number of halogens is 1. The fraction of sp³-hybridized carbons (Fsp3) is 0.0588. The Hall–Kier alpha value is -2.60. The van der Waals surface area contributed by atoms with Gasteiger partial charge in [0.2, 0.25) is 0 Å². The van der Waals surface area contributed by atoms with E-state index in [9.17, 15) is 9.90 Å². The van der Waals surface area contributed by atoms with Gasteiger partial charge in [0.15, 0.2) is 0 Å². The van der Waals surface area contributed by atoms with E-state index in [0.29, 0.717) is 5.69 Å². The zero-order chi connectivity index (χ0) is 16.0. The number of anilines is 1. The van der Waals surface area contributed by atoms with Gasteiger partial charge in [-0.25, -0.2) is 0 Å². The van der Waals surface area contributed by atoms with E-state index in [2.05, 4.69) is 32.2 Å². The topological polar surface area (TPSA) is 69.2 Å². The number of carbonyl (C=O) groups excluding carboxylic acids is 1. The molecule has 23 heavy (non-hydrogen) atoms. The zero-order valence-electron chi connectivity index (χ0n) is 11.8. The summed E-state index contributed by atoms with van der Waals surface area (Å²) in [4.78, 5) is 13.8. The minimum absolute atomic E-state index is 0.0815. The molecule has 3 aromatic rings. The van der Waals surface area contributed by atoms with Gasteiger partial charge in [0.05, 0.1) is 17.8 Å². The average Bonchev–Trinajstić information content (AvgIpc) is 3.11. The number of benzene rings is 2. The summed E-state index contributed by atoms with van der Waals surface area (Å²) < 4.78 is 0.934. The highest BCUT2D eigenvalue weighted by Gasteiger charge is 2.36. The van der Waals surface area contributed by atoms with Crippen molar-refractivity contribution in [3.05, 3.63) is 70.5 Å². The van der Waals surface area contributed by atoms with Crippen molar-refractivity contribution in [3.63, 3.8) is 0 Å². The van der Waals surface area contributed by atoms with E-state index in [4.69, 9.17) is 0 Å². The number of rotatable bonds is 2. The second-order valence-corrected chi connectivity index (χ2v) is 6.20. The summed E-state index contributed by atoms with van der Waals surface area (Å²) in [6, 6.07) is 12.5. The number of fused-ring (bicyclic) bond motifs is 1. The smallest absolute Gasteiger partial charge is 0.263 e. The van der Waals surface area contributed by atoms with Crippen molar-refractivity contribution in [2.45, 2.75) is 6.04 Å². The first-order valence-electron chi connectivity index (χ1n) is 6.98. The van der Waals surface area contributed by atoms with Gasteiger partial charge in [-0.1, -0.05) is 28.1 Å². The van der Waals surface area contributed by atoms with Gasteiger partial charge in [-0.15, -0.1) is 0 Å². The summed E-state index contributed by atoms with van der Waals surface area (Å²) >= 11 is 3.39. The molecule has 6 heteroatoms. The maximum Gasteiger partial charge on any atom is 0.263 e. The number of hydrogen-bond acceptors (Lipinski definition) is 3. The van der Waals surface area contributed by atoms with Crippen LogP contribution in [0.3, 0.4) is 0 Å². The molecule has 113 valence electrons. The van der Waals surface area contributed by atoms with Crippen molar-refractivity contribution in [1.82, 2.24) is 10.2 Å². The van der Waals surface area contributed by atoms with Crippen molar-refractivity contribution in [3.8, 4) is 0 Å². The molecule has 1 aliphatic heterocycles. The molecule has 0 aliphatic carbocycles. The number of aromatic nitrogens is 2. The largest absolute Gasteiger partial charge is 0.509 e. The lowest BCUT2D eigenvalue weighted by molar-refractivity contribution is -0.114. The summed E-state index contributed by atoms with van der Waals surface area (Å²) in [5, 5.41) is 18.0. The second kappa shape index (κ2) is 5.24. The number of amides is 1. The van der Waals surface area contributed by atoms with Gasteiger partial charge in [0, 0.05) is 15.5 Å². The van der Waals surface area contributed by atoms with Gasteiger partial charge in [-0.3, -0.25) is 14.8 Å². The van der Waals surface area contributed by atoms with E-state index < -0.39 is 6.04 Å². The van der Waals surface area contributed by atoms with Crippen LogP contribution in [0.5, 0.6) is 0 Å². The molecule has 4 rings (SSSR count). The lowest BCUT2D eigenvalue weighted by atomic mass is 10.0. The summed E-state index contributed by atoms with van der Waals surface area (Å²) in [7, 11) is 0. The Morgan fingerprint density at radius 1 is 1.22 bits per heavy atom. The molecule has 1 unspecified atom stereocenters. The first-order valence-corrected chi connectivity index (χ1v) is 7.77. The Kier molecular flexibility index (Phi) is 3.20. The van der Waals surface area contributed by atoms with E-state index in [0.717, 1.165) is 20.9 Å². The number of nitrogens with one attached hydrogen (secondary N) is 1. The molecule has 0 spiro atoms. The Morgan fingerprint density at radius 3 is 2.78 bits per heavy atom. The number of nitrogens with zero attached hydrogens (tertiary/aromatic N) is 2. The minimum atomic E-state index is -0.573. The highest BCUT2D eigenvalue weighted by Crippen LogP contribution is 2.37. The molecular weight excluding hydrogens is 358 g/mol. The van der Waals surface area contributed by atoms with Crippen LogP contribution in [0.25, 0.3) is 10.9 Å². The van der Waals surface area contributed by atoms with Gasteiger partial charge in [0.1, 0.15) is 11.8 Å². The first kappa shape index (κ1) is 14.0. The summed E-state index contributed by atoms with van der Waals surface area (Å²) in [6.45, 7) is 0. The van der Waals surface area contributed by atoms with Gasteiger partial charge in [-0.05, 0) is 35.9 Å². The van der Waals surface area contributed by atoms with Gasteiger partial charge in [-0.2, -0.15) is 5.10 Å². The Balaban J connectivity index is 1.81. The Morgan fingerprint density at radius 2 is 2.00 bits per heavy atom. The molecule has 5 nitrogen and oxygen atoms in total. The van der Waals surface area contributed by atoms with Crippen LogP contribution in [0.2, 0.25) is 0 Å². The lowest BCUT2D eigenvalue weighted by Crippen LogP contribution is -2.29. The number of H-pyrrole nitrogens is 1. The average molecular weight is 369 g/mol. The first-order chi connectivity index (χ1) is 11.1. The van der Waals surface area contributed by atoms with Crippen LogP contribution < -0.4 is 4.90 Å². The standard InChI is InChI=1S/C17H11BrN3O2/c18-12-4-1-10(2-5-12)17-15(22)8-16(23)21(17)13-6-3-11-9-19-20-14(11)7-13/h1-7,9,17,22H,(H,19,20). The quantitative estimate of drug-likeness (QED) is 0.725. The van der Waals surface area contributed by atoms with Gasteiger partial charge in [0.25, 0.3) is 5.91 Å². The fourth-order valence-corrected chi connectivity index (χ4v) is 3.04. The molecule has 1 atom stereocenters. The zero-order valence-corrected chi connectivity index (χ0v) is 13.4. The highest BCUT2D eigenvalue weighted by molar-refractivity contribution is 9.10. The third-order valence-corrected chi connectivity index (χ3v) is 4.39. The van der Waals surface area contributed by atoms with E-state index in [1.54, 1.807) is 6.20 Å². The third-order valence-electron chi connectivity index (χ3n) is 3.86. The third kappa shape index (κ3) is 2.31. The molecule has 0 saturated carbocycles. The Bertz CT molecular complexity index is 930. The van der Waals surface area contributed by atoms with Crippen molar-refractivity contribution in [2.24, 2.45) is 0 Å². The highest BCUT2D eigenvalue weighted by atomic mass is 79.9. The molecule has 0 saturated heterocycles. The van der Waals surface area contributed by atoms with Crippen LogP contribution in [0.1, 0.15) is 11.6 Å². The number of aromatic amines is 1. The number of hydrogen-bond donors (Lipinski definition) is 2. The molecule has 1 amide bonds.